The lowest BCUT2D eigenvalue weighted by Crippen LogP contribution is -2.28. The summed E-state index contributed by atoms with van der Waals surface area (Å²) < 4.78 is 25.3. The molecule has 0 saturated heterocycles. The molecule has 0 aliphatic heterocycles. The third-order valence-corrected chi connectivity index (χ3v) is 3.86. The van der Waals surface area contributed by atoms with Crippen molar-refractivity contribution in [2.45, 2.75) is 32.1 Å². The Morgan fingerprint density at radius 1 is 1.21 bits per heavy atom. The summed E-state index contributed by atoms with van der Waals surface area (Å²) in [5.74, 6) is 0.706. The van der Waals surface area contributed by atoms with Gasteiger partial charge in [0.2, 0.25) is 10.0 Å². The minimum Gasteiger partial charge on any atom is -0.396 e. The van der Waals surface area contributed by atoms with Crippen molar-refractivity contribution in [3.63, 3.8) is 0 Å². The van der Waals surface area contributed by atoms with E-state index in [0.717, 1.165) is 32.1 Å². The zero-order valence-corrected chi connectivity index (χ0v) is 9.22. The molecular weight excluding hydrogens is 202 g/mol. The molecule has 1 fully saturated rings. The maximum atomic E-state index is 11.4. The Hall–Kier alpha value is -0.130. The first-order valence-corrected chi connectivity index (χ1v) is 6.87. The number of aliphatic hydroxyl groups excluding tert-OH is 1. The molecule has 1 rings (SSSR count). The molecule has 0 atom stereocenters. The van der Waals surface area contributed by atoms with E-state index in [9.17, 15) is 8.42 Å². The fourth-order valence-corrected chi connectivity index (χ4v) is 2.82. The van der Waals surface area contributed by atoms with E-state index in [1.54, 1.807) is 0 Å². The number of hydrogen-bond acceptors (Lipinski definition) is 3. The van der Waals surface area contributed by atoms with Crippen LogP contribution in [0.1, 0.15) is 32.1 Å². The van der Waals surface area contributed by atoms with Crippen molar-refractivity contribution in [3.05, 3.63) is 0 Å². The van der Waals surface area contributed by atoms with Crippen molar-refractivity contribution in [1.29, 1.82) is 0 Å². The predicted octanol–water partition coefficient (Wildman–Crippen LogP) is 0.478. The molecule has 4 nitrogen and oxygen atoms in total. The molecule has 14 heavy (non-hydrogen) atoms. The highest BCUT2D eigenvalue weighted by Gasteiger charge is 2.27. The Morgan fingerprint density at radius 3 is 2.50 bits per heavy atom. The monoisotopic (exact) mass is 221 g/mol. The minimum atomic E-state index is -3.02. The second-order valence-corrected chi connectivity index (χ2v) is 5.75. The number of nitrogens with one attached hydrogen (secondary N) is 1. The zero-order chi connectivity index (χ0) is 10.4. The zero-order valence-electron chi connectivity index (χ0n) is 8.41. The third kappa shape index (κ3) is 5.57. The largest absolute Gasteiger partial charge is 0.396 e. The molecule has 0 amide bonds. The van der Waals surface area contributed by atoms with Gasteiger partial charge in [0.05, 0.1) is 5.75 Å². The Morgan fingerprint density at radius 2 is 1.93 bits per heavy atom. The van der Waals surface area contributed by atoms with Crippen LogP contribution in [-0.2, 0) is 10.0 Å². The Bertz CT molecular complexity index is 247. The van der Waals surface area contributed by atoms with Gasteiger partial charge in [-0.25, -0.2) is 13.1 Å². The summed E-state index contributed by atoms with van der Waals surface area (Å²) in [6.07, 6.45) is 4.56. The predicted molar refractivity (Wildman–Crippen MR) is 55.5 cm³/mol. The van der Waals surface area contributed by atoms with Crippen LogP contribution in [0.15, 0.2) is 0 Å². The summed E-state index contributed by atoms with van der Waals surface area (Å²) in [5.41, 5.74) is 0. The number of unbranched alkanes of at least 4 members (excludes halogenated alkanes) is 2. The molecule has 5 heteroatoms. The first-order chi connectivity index (χ1) is 6.64. The molecule has 0 aromatic carbocycles. The molecule has 84 valence electrons. The molecule has 0 heterocycles. The summed E-state index contributed by atoms with van der Waals surface area (Å²) in [7, 11) is -3.02. The van der Waals surface area contributed by atoms with Crippen LogP contribution in [0, 0.1) is 5.92 Å². The molecule has 0 aromatic heterocycles. The normalized spacial score (nSPS) is 17.2. The molecule has 1 aliphatic carbocycles. The Labute approximate surface area is 85.8 Å². The van der Waals surface area contributed by atoms with Crippen LogP contribution in [0.25, 0.3) is 0 Å². The summed E-state index contributed by atoms with van der Waals surface area (Å²) in [6, 6.07) is 0. The van der Waals surface area contributed by atoms with E-state index in [-0.39, 0.29) is 6.61 Å². The average molecular weight is 221 g/mol. The molecule has 1 saturated carbocycles. The van der Waals surface area contributed by atoms with E-state index >= 15 is 0 Å². The van der Waals surface area contributed by atoms with Crippen molar-refractivity contribution < 1.29 is 13.5 Å². The standard InChI is InChI=1S/C9H19NO3S/c11-7-3-1-2-6-10-14(12,13)8-9-4-5-9/h9-11H,1-8H2. The van der Waals surface area contributed by atoms with Gasteiger partial charge in [0.25, 0.3) is 0 Å². The van der Waals surface area contributed by atoms with Gasteiger partial charge in [0.15, 0.2) is 0 Å². The Kier molecular flexibility index (Phi) is 4.84. The highest BCUT2D eigenvalue weighted by Crippen LogP contribution is 2.29. The minimum absolute atomic E-state index is 0.189. The van der Waals surface area contributed by atoms with Crippen LogP contribution in [0.5, 0.6) is 0 Å². The van der Waals surface area contributed by atoms with E-state index in [1.807, 2.05) is 0 Å². The van der Waals surface area contributed by atoms with E-state index in [4.69, 9.17) is 5.11 Å². The third-order valence-electron chi connectivity index (χ3n) is 2.31. The molecule has 0 bridgehead atoms. The van der Waals surface area contributed by atoms with E-state index < -0.39 is 10.0 Å². The van der Waals surface area contributed by atoms with Gasteiger partial charge in [-0.2, -0.15) is 0 Å². The average Bonchev–Trinajstić information content (AvgIpc) is 2.87. The number of sulfonamides is 1. The second-order valence-electron chi connectivity index (χ2n) is 3.90. The summed E-state index contributed by atoms with van der Waals surface area (Å²) in [5, 5.41) is 8.51. The number of rotatable bonds is 8. The first-order valence-electron chi connectivity index (χ1n) is 5.22. The first kappa shape index (κ1) is 11.9. The van der Waals surface area contributed by atoms with Crippen molar-refractivity contribution in [2.24, 2.45) is 5.92 Å². The van der Waals surface area contributed by atoms with E-state index in [0.29, 0.717) is 18.2 Å². The van der Waals surface area contributed by atoms with Crippen LogP contribution < -0.4 is 4.72 Å². The quantitative estimate of drug-likeness (QED) is 0.586. The molecular formula is C9H19NO3S. The smallest absolute Gasteiger partial charge is 0.211 e. The molecule has 0 radical (unpaired) electrons. The van der Waals surface area contributed by atoms with Crippen LogP contribution in [0.3, 0.4) is 0 Å². The SMILES string of the molecule is O=S(=O)(CC1CC1)NCCCCCO. The van der Waals surface area contributed by atoms with Crippen molar-refractivity contribution >= 4 is 10.0 Å². The van der Waals surface area contributed by atoms with Crippen LogP contribution in [0.4, 0.5) is 0 Å². The van der Waals surface area contributed by atoms with Gasteiger partial charge in [-0.15, -0.1) is 0 Å². The lowest BCUT2D eigenvalue weighted by molar-refractivity contribution is 0.283. The van der Waals surface area contributed by atoms with Crippen molar-refractivity contribution in [1.82, 2.24) is 4.72 Å². The Balaban J connectivity index is 2.03. The highest BCUT2D eigenvalue weighted by molar-refractivity contribution is 7.89. The molecule has 2 N–H and O–H groups in total. The molecule has 1 aliphatic rings. The van der Waals surface area contributed by atoms with Gasteiger partial charge < -0.3 is 5.11 Å². The molecule has 0 spiro atoms. The fourth-order valence-electron chi connectivity index (χ4n) is 1.29. The molecule has 0 aromatic rings. The van der Waals surface area contributed by atoms with E-state index in [1.165, 1.54) is 0 Å². The fraction of sp³-hybridized carbons (Fsp3) is 1.00. The number of aliphatic hydroxyl groups is 1. The maximum Gasteiger partial charge on any atom is 0.211 e. The summed E-state index contributed by atoms with van der Waals surface area (Å²) in [6.45, 7) is 0.698. The maximum absolute atomic E-state index is 11.4. The lowest BCUT2D eigenvalue weighted by Gasteiger charge is -2.04. The molecule has 0 unspecified atom stereocenters. The van der Waals surface area contributed by atoms with Gasteiger partial charge in [-0.1, -0.05) is 0 Å². The second kappa shape index (κ2) is 5.68. The van der Waals surface area contributed by atoms with Crippen LogP contribution in [0.2, 0.25) is 0 Å². The summed E-state index contributed by atoms with van der Waals surface area (Å²) >= 11 is 0. The van der Waals surface area contributed by atoms with Gasteiger partial charge in [0.1, 0.15) is 0 Å². The van der Waals surface area contributed by atoms with Crippen molar-refractivity contribution in [2.75, 3.05) is 18.9 Å². The number of hydrogen-bond donors (Lipinski definition) is 2. The highest BCUT2D eigenvalue weighted by atomic mass is 32.2. The van der Waals surface area contributed by atoms with E-state index in [2.05, 4.69) is 4.72 Å². The summed E-state index contributed by atoms with van der Waals surface area (Å²) in [4.78, 5) is 0. The van der Waals surface area contributed by atoms with Gasteiger partial charge in [0, 0.05) is 13.2 Å². The lowest BCUT2D eigenvalue weighted by atomic mass is 10.2. The van der Waals surface area contributed by atoms with Gasteiger partial charge >= 0.3 is 0 Å². The van der Waals surface area contributed by atoms with Gasteiger partial charge in [-0.05, 0) is 38.0 Å². The van der Waals surface area contributed by atoms with Crippen molar-refractivity contribution in [3.8, 4) is 0 Å². The topological polar surface area (TPSA) is 66.4 Å². The van der Waals surface area contributed by atoms with Crippen LogP contribution in [-0.4, -0.2) is 32.4 Å². The van der Waals surface area contributed by atoms with Gasteiger partial charge in [-0.3, -0.25) is 0 Å². The van der Waals surface area contributed by atoms with Crippen LogP contribution >= 0.6 is 0 Å².